The van der Waals surface area contributed by atoms with Gasteiger partial charge in [-0.25, -0.2) is 4.79 Å². The number of ether oxygens (including phenoxy) is 1. The first-order chi connectivity index (χ1) is 12.9. The molecule has 0 atom stereocenters. The molecule has 3 rings (SSSR count). The molecule has 1 aliphatic rings. The van der Waals surface area contributed by atoms with Crippen LogP contribution in [-0.4, -0.2) is 30.9 Å². The van der Waals surface area contributed by atoms with E-state index in [1.807, 2.05) is 25.1 Å². The minimum Gasteiger partial charge on any atom is -0.452 e. The van der Waals surface area contributed by atoms with Gasteiger partial charge in [-0.3, -0.25) is 9.59 Å². The molecule has 0 aromatic heterocycles. The number of carbonyl (C=O) groups excluding carboxylic acids is 3. The summed E-state index contributed by atoms with van der Waals surface area (Å²) in [4.78, 5) is 37.7. The highest BCUT2D eigenvalue weighted by molar-refractivity contribution is 6.34. The number of rotatable bonds is 5. The first kappa shape index (κ1) is 18.9. The summed E-state index contributed by atoms with van der Waals surface area (Å²) in [6, 6.07) is 11.9. The van der Waals surface area contributed by atoms with E-state index in [4.69, 9.17) is 16.3 Å². The molecule has 27 heavy (non-hydrogen) atoms. The summed E-state index contributed by atoms with van der Waals surface area (Å²) in [6.07, 6.45) is 1.22. The highest BCUT2D eigenvalue weighted by Gasteiger charge is 2.24. The third-order valence-corrected chi connectivity index (χ3v) is 4.50. The van der Waals surface area contributed by atoms with E-state index in [1.54, 1.807) is 17.0 Å². The minimum absolute atomic E-state index is 0.0278. The van der Waals surface area contributed by atoms with Crippen molar-refractivity contribution < 1.29 is 19.1 Å². The summed E-state index contributed by atoms with van der Waals surface area (Å²) >= 11 is 6.17. The van der Waals surface area contributed by atoms with Crippen LogP contribution in [0.1, 0.15) is 28.8 Å². The molecule has 2 aromatic rings. The number of nitrogens with one attached hydrogen (secondary N) is 1. The number of hydrogen-bond acceptors (Lipinski definition) is 4. The average Bonchev–Trinajstić information content (AvgIpc) is 3.06. The van der Waals surface area contributed by atoms with Gasteiger partial charge >= 0.3 is 5.97 Å². The Balaban J connectivity index is 1.62. The quantitative estimate of drug-likeness (QED) is 0.797. The molecule has 0 aliphatic carbocycles. The minimum atomic E-state index is -0.654. The second-order valence-electron chi connectivity index (χ2n) is 6.31. The number of anilines is 2. The lowest BCUT2D eigenvalue weighted by atomic mass is 10.2. The van der Waals surface area contributed by atoms with Gasteiger partial charge in [0, 0.05) is 18.7 Å². The zero-order valence-electron chi connectivity index (χ0n) is 14.8. The molecule has 1 fully saturated rings. The first-order valence-electron chi connectivity index (χ1n) is 8.57. The van der Waals surface area contributed by atoms with Gasteiger partial charge in [0.1, 0.15) is 0 Å². The summed E-state index contributed by atoms with van der Waals surface area (Å²) in [5.41, 5.74) is 2.36. The zero-order chi connectivity index (χ0) is 19.4. The Morgan fingerprint density at radius 2 is 2.04 bits per heavy atom. The standard InChI is InChI=1S/C20H19ClN2O4/c1-13-4-2-5-15(10-13)22-18(24)12-27-20(26)14-7-8-16(21)17(11-14)23-9-3-6-19(23)25/h2,4-5,7-8,10-11H,3,6,9,12H2,1H3,(H,22,24). The van der Waals surface area contributed by atoms with Gasteiger partial charge in [0.05, 0.1) is 16.3 Å². The van der Waals surface area contributed by atoms with E-state index in [2.05, 4.69) is 5.32 Å². The summed E-state index contributed by atoms with van der Waals surface area (Å²) in [5.74, 6) is -1.11. The summed E-state index contributed by atoms with van der Waals surface area (Å²) in [7, 11) is 0. The highest BCUT2D eigenvalue weighted by Crippen LogP contribution is 2.30. The summed E-state index contributed by atoms with van der Waals surface area (Å²) in [5, 5.41) is 3.06. The monoisotopic (exact) mass is 386 g/mol. The Morgan fingerprint density at radius 1 is 1.22 bits per heavy atom. The first-order valence-corrected chi connectivity index (χ1v) is 8.95. The van der Waals surface area contributed by atoms with Crippen LogP contribution in [0.25, 0.3) is 0 Å². The fourth-order valence-corrected chi connectivity index (χ4v) is 3.10. The van der Waals surface area contributed by atoms with E-state index in [-0.39, 0.29) is 11.5 Å². The molecule has 0 unspecified atom stereocenters. The van der Waals surface area contributed by atoms with Crippen LogP contribution in [-0.2, 0) is 14.3 Å². The van der Waals surface area contributed by atoms with Gasteiger partial charge < -0.3 is 15.0 Å². The fraction of sp³-hybridized carbons (Fsp3) is 0.250. The van der Waals surface area contributed by atoms with Crippen molar-refractivity contribution in [3.8, 4) is 0 Å². The maximum atomic E-state index is 12.3. The predicted molar refractivity (Wildman–Crippen MR) is 103 cm³/mol. The maximum Gasteiger partial charge on any atom is 0.338 e. The van der Waals surface area contributed by atoms with Crippen LogP contribution >= 0.6 is 11.6 Å². The molecule has 140 valence electrons. The van der Waals surface area contributed by atoms with Crippen LogP contribution in [0.2, 0.25) is 5.02 Å². The molecule has 0 saturated carbocycles. The second kappa shape index (κ2) is 8.22. The molecule has 7 heteroatoms. The van der Waals surface area contributed by atoms with Gasteiger partial charge in [0.15, 0.2) is 6.61 Å². The Labute approximate surface area is 162 Å². The van der Waals surface area contributed by atoms with Crippen molar-refractivity contribution in [1.82, 2.24) is 0 Å². The van der Waals surface area contributed by atoms with E-state index in [9.17, 15) is 14.4 Å². The highest BCUT2D eigenvalue weighted by atomic mass is 35.5. The molecule has 0 spiro atoms. The van der Waals surface area contributed by atoms with Crippen molar-refractivity contribution in [2.24, 2.45) is 0 Å². The molecule has 0 radical (unpaired) electrons. The lowest BCUT2D eigenvalue weighted by Crippen LogP contribution is -2.24. The van der Waals surface area contributed by atoms with Gasteiger partial charge in [0.2, 0.25) is 5.91 Å². The Kier molecular flexibility index (Phi) is 5.76. The molecule has 6 nitrogen and oxygen atoms in total. The van der Waals surface area contributed by atoms with Crippen molar-refractivity contribution in [3.63, 3.8) is 0 Å². The smallest absolute Gasteiger partial charge is 0.338 e. The van der Waals surface area contributed by atoms with E-state index in [0.29, 0.717) is 29.4 Å². The Bertz CT molecular complexity index is 897. The van der Waals surface area contributed by atoms with Crippen molar-refractivity contribution in [1.29, 1.82) is 0 Å². The largest absolute Gasteiger partial charge is 0.452 e. The predicted octanol–water partition coefficient (Wildman–Crippen LogP) is 3.57. The van der Waals surface area contributed by atoms with E-state index < -0.39 is 18.5 Å². The topological polar surface area (TPSA) is 75.7 Å². The molecule has 1 N–H and O–H groups in total. The van der Waals surface area contributed by atoms with Gasteiger partial charge in [-0.05, 0) is 49.2 Å². The number of aryl methyl sites for hydroxylation is 1. The normalized spacial score (nSPS) is 13.6. The molecule has 2 aromatic carbocycles. The van der Waals surface area contributed by atoms with Crippen LogP contribution in [0.4, 0.5) is 11.4 Å². The second-order valence-corrected chi connectivity index (χ2v) is 6.72. The van der Waals surface area contributed by atoms with E-state index in [1.165, 1.54) is 12.1 Å². The number of carbonyl (C=O) groups is 3. The molecular weight excluding hydrogens is 368 g/mol. The Hall–Kier alpha value is -2.86. The Morgan fingerprint density at radius 3 is 2.74 bits per heavy atom. The zero-order valence-corrected chi connectivity index (χ0v) is 15.6. The number of hydrogen-bond donors (Lipinski definition) is 1. The van der Waals surface area contributed by atoms with Crippen LogP contribution < -0.4 is 10.2 Å². The van der Waals surface area contributed by atoms with Crippen LogP contribution in [0.15, 0.2) is 42.5 Å². The number of nitrogens with zero attached hydrogens (tertiary/aromatic N) is 1. The lowest BCUT2D eigenvalue weighted by Gasteiger charge is -2.18. The van der Waals surface area contributed by atoms with Crippen LogP contribution in [0.3, 0.4) is 0 Å². The maximum absolute atomic E-state index is 12.3. The van der Waals surface area contributed by atoms with Gasteiger partial charge in [-0.15, -0.1) is 0 Å². The van der Waals surface area contributed by atoms with Crippen molar-refractivity contribution in [2.75, 3.05) is 23.4 Å². The number of halogens is 1. The van der Waals surface area contributed by atoms with Crippen molar-refractivity contribution in [2.45, 2.75) is 19.8 Å². The number of esters is 1. The summed E-state index contributed by atoms with van der Waals surface area (Å²) in [6.45, 7) is 2.07. The lowest BCUT2D eigenvalue weighted by molar-refractivity contribution is -0.119. The molecule has 1 saturated heterocycles. The summed E-state index contributed by atoms with van der Waals surface area (Å²) < 4.78 is 5.08. The van der Waals surface area contributed by atoms with Crippen molar-refractivity contribution >= 4 is 40.8 Å². The average molecular weight is 387 g/mol. The number of benzene rings is 2. The third kappa shape index (κ3) is 4.65. The van der Waals surface area contributed by atoms with Crippen molar-refractivity contribution in [3.05, 3.63) is 58.6 Å². The fourth-order valence-electron chi connectivity index (χ4n) is 2.88. The third-order valence-electron chi connectivity index (χ3n) is 4.18. The molecule has 1 aliphatic heterocycles. The molecular formula is C20H19ClN2O4. The van der Waals surface area contributed by atoms with Crippen LogP contribution in [0.5, 0.6) is 0 Å². The van der Waals surface area contributed by atoms with Gasteiger partial charge in [-0.2, -0.15) is 0 Å². The molecule has 0 bridgehead atoms. The van der Waals surface area contributed by atoms with Gasteiger partial charge in [-0.1, -0.05) is 23.7 Å². The molecule has 2 amide bonds. The van der Waals surface area contributed by atoms with E-state index in [0.717, 1.165) is 12.0 Å². The van der Waals surface area contributed by atoms with Gasteiger partial charge in [0.25, 0.3) is 5.91 Å². The van der Waals surface area contributed by atoms with Crippen LogP contribution in [0, 0.1) is 6.92 Å². The SMILES string of the molecule is Cc1cccc(NC(=O)COC(=O)c2ccc(Cl)c(N3CCCC3=O)c2)c1. The number of amides is 2. The van der Waals surface area contributed by atoms with E-state index >= 15 is 0 Å². The molecule has 1 heterocycles.